The van der Waals surface area contributed by atoms with Crippen molar-refractivity contribution >= 4 is 40.7 Å². The van der Waals surface area contributed by atoms with Crippen LogP contribution in [0.4, 0.5) is 0 Å². The van der Waals surface area contributed by atoms with Crippen molar-refractivity contribution in [3.05, 3.63) is 33.8 Å². The van der Waals surface area contributed by atoms with Crippen LogP contribution in [0, 0.1) is 5.92 Å². The molecule has 1 N–H and O–H groups in total. The van der Waals surface area contributed by atoms with Crippen molar-refractivity contribution in [3.63, 3.8) is 0 Å². The van der Waals surface area contributed by atoms with Gasteiger partial charge in [0.1, 0.15) is 0 Å². The molecule has 0 radical (unpaired) electrons. The minimum atomic E-state index is -0.232. The molecule has 1 amide bonds. The predicted molar refractivity (Wildman–Crippen MR) is 77.9 cm³/mol. The van der Waals surface area contributed by atoms with Crippen LogP contribution in [0.15, 0.2) is 18.2 Å². The number of halogens is 3. The SMILES string of the molecule is CC(CCl)CCCNC(=O)c1c(Cl)cccc1Cl. The number of nitrogens with one attached hydrogen (secondary N) is 1. The number of alkyl halides is 1. The van der Waals surface area contributed by atoms with Crippen molar-refractivity contribution in [2.45, 2.75) is 19.8 Å². The second-order valence-corrected chi connectivity index (χ2v) is 5.38. The van der Waals surface area contributed by atoms with Gasteiger partial charge in [-0.2, -0.15) is 0 Å². The van der Waals surface area contributed by atoms with E-state index in [4.69, 9.17) is 34.8 Å². The normalized spacial score (nSPS) is 12.2. The summed E-state index contributed by atoms with van der Waals surface area (Å²) in [6, 6.07) is 5.01. The van der Waals surface area contributed by atoms with Crippen molar-refractivity contribution < 1.29 is 4.79 Å². The summed E-state index contributed by atoms with van der Waals surface area (Å²) in [7, 11) is 0. The maximum absolute atomic E-state index is 11.9. The van der Waals surface area contributed by atoms with Crippen LogP contribution in [0.2, 0.25) is 10.0 Å². The highest BCUT2D eigenvalue weighted by Crippen LogP contribution is 2.23. The number of amides is 1. The van der Waals surface area contributed by atoms with Crippen LogP contribution in [-0.2, 0) is 0 Å². The highest BCUT2D eigenvalue weighted by atomic mass is 35.5. The van der Waals surface area contributed by atoms with Crippen molar-refractivity contribution in [1.29, 1.82) is 0 Å². The quantitative estimate of drug-likeness (QED) is 0.613. The molecule has 0 spiro atoms. The Hall–Kier alpha value is -0.440. The first-order valence-corrected chi connectivity index (χ1v) is 7.13. The van der Waals surface area contributed by atoms with Gasteiger partial charge in [0, 0.05) is 12.4 Å². The lowest BCUT2D eigenvalue weighted by Crippen LogP contribution is -2.25. The minimum Gasteiger partial charge on any atom is -0.352 e. The van der Waals surface area contributed by atoms with E-state index in [0.29, 0.717) is 34.0 Å². The van der Waals surface area contributed by atoms with Crippen LogP contribution in [0.3, 0.4) is 0 Å². The fourth-order valence-electron chi connectivity index (χ4n) is 1.53. The summed E-state index contributed by atoms with van der Waals surface area (Å²) in [6.07, 6.45) is 1.88. The zero-order chi connectivity index (χ0) is 13.5. The number of carbonyl (C=O) groups excluding carboxylic acids is 1. The number of carbonyl (C=O) groups is 1. The average molecular weight is 309 g/mol. The van der Waals surface area contributed by atoms with E-state index in [9.17, 15) is 4.79 Å². The van der Waals surface area contributed by atoms with E-state index in [1.54, 1.807) is 18.2 Å². The zero-order valence-electron chi connectivity index (χ0n) is 10.2. The van der Waals surface area contributed by atoms with Crippen LogP contribution < -0.4 is 5.32 Å². The van der Waals surface area contributed by atoms with Gasteiger partial charge in [0.05, 0.1) is 15.6 Å². The molecule has 0 aromatic heterocycles. The molecule has 0 fully saturated rings. The van der Waals surface area contributed by atoms with Gasteiger partial charge in [-0.05, 0) is 30.9 Å². The molecule has 18 heavy (non-hydrogen) atoms. The molecule has 2 nitrogen and oxygen atoms in total. The smallest absolute Gasteiger partial charge is 0.254 e. The zero-order valence-corrected chi connectivity index (χ0v) is 12.4. The molecular formula is C13H16Cl3NO. The summed E-state index contributed by atoms with van der Waals surface area (Å²) in [5.74, 6) is 0.876. The Bertz CT molecular complexity index is 389. The third kappa shape index (κ3) is 4.68. The predicted octanol–water partition coefficient (Wildman–Crippen LogP) is 4.38. The molecule has 100 valence electrons. The molecule has 5 heteroatoms. The molecule has 0 saturated heterocycles. The van der Waals surface area contributed by atoms with E-state index in [1.807, 2.05) is 0 Å². The molecule has 0 heterocycles. The summed E-state index contributed by atoms with van der Waals surface area (Å²) in [4.78, 5) is 11.9. The third-order valence-electron chi connectivity index (χ3n) is 2.61. The van der Waals surface area contributed by atoms with Gasteiger partial charge < -0.3 is 5.32 Å². The molecule has 0 aliphatic carbocycles. The lowest BCUT2D eigenvalue weighted by Gasteiger charge is -2.10. The van der Waals surface area contributed by atoms with Crippen molar-refractivity contribution in [2.24, 2.45) is 5.92 Å². The first-order chi connectivity index (χ1) is 8.56. The molecule has 0 aliphatic rings. The third-order valence-corrected chi connectivity index (χ3v) is 3.77. The Balaban J connectivity index is 2.46. The molecule has 0 aliphatic heterocycles. The van der Waals surface area contributed by atoms with E-state index in [1.165, 1.54) is 0 Å². The van der Waals surface area contributed by atoms with E-state index in [-0.39, 0.29) is 5.91 Å². The monoisotopic (exact) mass is 307 g/mol. The van der Waals surface area contributed by atoms with Gasteiger partial charge in [-0.25, -0.2) is 0 Å². The first-order valence-electron chi connectivity index (χ1n) is 5.84. The fourth-order valence-corrected chi connectivity index (χ4v) is 2.26. The molecule has 1 atom stereocenters. The average Bonchev–Trinajstić information content (AvgIpc) is 2.34. The van der Waals surface area contributed by atoms with E-state index < -0.39 is 0 Å². The molecule has 1 aromatic rings. The number of hydrogen-bond acceptors (Lipinski definition) is 1. The van der Waals surface area contributed by atoms with Gasteiger partial charge in [0.2, 0.25) is 0 Å². The summed E-state index contributed by atoms with van der Waals surface area (Å²) in [6.45, 7) is 2.68. The van der Waals surface area contributed by atoms with Crippen LogP contribution in [0.1, 0.15) is 30.1 Å². The summed E-state index contributed by atoms with van der Waals surface area (Å²) in [5.41, 5.74) is 0.339. The highest BCUT2D eigenvalue weighted by molar-refractivity contribution is 6.39. The Morgan fingerprint density at radius 2 is 1.94 bits per heavy atom. The molecule has 1 rings (SSSR count). The van der Waals surface area contributed by atoms with Gasteiger partial charge in [0.15, 0.2) is 0 Å². The Kier molecular flexibility index (Phi) is 6.83. The first kappa shape index (κ1) is 15.6. The summed E-state index contributed by atoms with van der Waals surface area (Å²) >= 11 is 17.6. The van der Waals surface area contributed by atoms with Crippen LogP contribution >= 0.6 is 34.8 Å². The second kappa shape index (κ2) is 7.88. The molecule has 0 saturated carbocycles. The van der Waals surface area contributed by atoms with Crippen LogP contribution in [0.5, 0.6) is 0 Å². The summed E-state index contributed by atoms with van der Waals surface area (Å²) < 4.78 is 0. The molecular weight excluding hydrogens is 293 g/mol. The van der Waals surface area contributed by atoms with Crippen molar-refractivity contribution in [1.82, 2.24) is 5.32 Å². The second-order valence-electron chi connectivity index (χ2n) is 4.25. The van der Waals surface area contributed by atoms with Gasteiger partial charge in [-0.15, -0.1) is 11.6 Å². The molecule has 1 unspecified atom stereocenters. The molecule has 0 bridgehead atoms. The summed E-state index contributed by atoms with van der Waals surface area (Å²) in [5, 5.41) is 3.55. The van der Waals surface area contributed by atoms with Gasteiger partial charge in [-0.3, -0.25) is 4.79 Å². The largest absolute Gasteiger partial charge is 0.352 e. The lowest BCUT2D eigenvalue weighted by atomic mass is 10.1. The molecule has 1 aromatic carbocycles. The number of benzene rings is 1. The lowest BCUT2D eigenvalue weighted by molar-refractivity contribution is 0.0953. The van der Waals surface area contributed by atoms with Crippen LogP contribution in [0.25, 0.3) is 0 Å². The van der Waals surface area contributed by atoms with E-state index >= 15 is 0 Å². The minimum absolute atomic E-state index is 0.232. The Morgan fingerprint density at radius 3 is 2.50 bits per heavy atom. The Labute approximate surface area is 123 Å². The van der Waals surface area contributed by atoms with Gasteiger partial charge in [0.25, 0.3) is 5.91 Å². The standard InChI is InChI=1S/C13H16Cl3NO/c1-9(8-14)4-3-7-17-13(18)12-10(15)5-2-6-11(12)16/h2,5-6,9H,3-4,7-8H2,1H3,(H,17,18). The maximum atomic E-state index is 11.9. The van der Waals surface area contributed by atoms with Crippen LogP contribution in [-0.4, -0.2) is 18.3 Å². The van der Waals surface area contributed by atoms with E-state index in [2.05, 4.69) is 12.2 Å². The van der Waals surface area contributed by atoms with Crippen molar-refractivity contribution in [2.75, 3.05) is 12.4 Å². The Morgan fingerprint density at radius 1 is 1.33 bits per heavy atom. The van der Waals surface area contributed by atoms with Gasteiger partial charge in [-0.1, -0.05) is 36.2 Å². The maximum Gasteiger partial charge on any atom is 0.254 e. The van der Waals surface area contributed by atoms with Gasteiger partial charge >= 0.3 is 0 Å². The topological polar surface area (TPSA) is 29.1 Å². The van der Waals surface area contributed by atoms with Crippen molar-refractivity contribution in [3.8, 4) is 0 Å². The van der Waals surface area contributed by atoms with E-state index in [0.717, 1.165) is 12.8 Å². The number of hydrogen-bond donors (Lipinski definition) is 1. The highest BCUT2D eigenvalue weighted by Gasteiger charge is 2.13. The fraction of sp³-hybridized carbons (Fsp3) is 0.462. The number of rotatable bonds is 6.